The zero-order chi connectivity index (χ0) is 12.4. The maximum absolute atomic E-state index is 11.2. The van der Waals surface area contributed by atoms with Crippen LogP contribution in [-0.2, 0) is 12.8 Å². The first-order chi connectivity index (χ1) is 8.08. The molecule has 0 spiro atoms. The molecule has 0 unspecified atom stereocenters. The molecule has 2 aromatic rings. The number of aromatic amines is 1. The number of hydrogen-bond acceptors (Lipinski definition) is 4. The molecule has 0 bridgehead atoms. The third kappa shape index (κ3) is 2.65. The van der Waals surface area contributed by atoms with E-state index in [1.165, 1.54) is 16.3 Å². The van der Waals surface area contributed by atoms with E-state index in [4.69, 9.17) is 17.3 Å². The lowest BCUT2D eigenvalue weighted by Gasteiger charge is -2.04. The Balaban J connectivity index is 2.15. The van der Waals surface area contributed by atoms with Gasteiger partial charge >= 0.3 is 5.69 Å². The third-order valence-corrected chi connectivity index (χ3v) is 3.71. The van der Waals surface area contributed by atoms with E-state index in [1.807, 2.05) is 6.07 Å². The van der Waals surface area contributed by atoms with E-state index >= 15 is 0 Å². The van der Waals surface area contributed by atoms with Gasteiger partial charge in [-0.25, -0.2) is 9.89 Å². The Morgan fingerprint density at radius 2 is 2.35 bits per heavy atom. The minimum atomic E-state index is -0.230. The highest BCUT2D eigenvalue weighted by Gasteiger charge is 2.07. The molecule has 0 atom stereocenters. The first-order valence-electron chi connectivity index (χ1n) is 4.86. The summed E-state index contributed by atoms with van der Waals surface area (Å²) in [5.41, 5.74) is 7.05. The SMILES string of the molecule is Cn1c(SCc2cc(N)ccc2Cl)n[nH]c1=O. The first-order valence-corrected chi connectivity index (χ1v) is 6.22. The van der Waals surface area contributed by atoms with Crippen LogP contribution in [0.2, 0.25) is 5.02 Å². The number of benzene rings is 1. The van der Waals surface area contributed by atoms with Gasteiger partial charge in [-0.1, -0.05) is 23.4 Å². The number of thioether (sulfide) groups is 1. The van der Waals surface area contributed by atoms with Crippen molar-refractivity contribution in [3.63, 3.8) is 0 Å². The summed E-state index contributed by atoms with van der Waals surface area (Å²) in [5.74, 6) is 0.613. The molecule has 0 amide bonds. The molecule has 3 N–H and O–H groups in total. The van der Waals surface area contributed by atoms with Crippen molar-refractivity contribution in [1.82, 2.24) is 14.8 Å². The number of hydrogen-bond donors (Lipinski definition) is 2. The van der Waals surface area contributed by atoms with Crippen LogP contribution in [0.4, 0.5) is 5.69 Å². The number of anilines is 1. The number of nitrogens with one attached hydrogen (secondary N) is 1. The second-order valence-electron chi connectivity index (χ2n) is 3.51. The maximum atomic E-state index is 11.2. The fourth-order valence-corrected chi connectivity index (χ4v) is 2.48. The van der Waals surface area contributed by atoms with Gasteiger partial charge in [0.15, 0.2) is 5.16 Å². The Bertz CT molecular complexity index is 592. The van der Waals surface area contributed by atoms with E-state index in [1.54, 1.807) is 19.2 Å². The summed E-state index contributed by atoms with van der Waals surface area (Å²) in [6.07, 6.45) is 0. The van der Waals surface area contributed by atoms with Gasteiger partial charge in [0.1, 0.15) is 0 Å². The Kier molecular flexibility index (Phi) is 3.44. The predicted octanol–water partition coefficient (Wildman–Crippen LogP) is 1.64. The quantitative estimate of drug-likeness (QED) is 0.657. The Morgan fingerprint density at radius 1 is 1.59 bits per heavy atom. The van der Waals surface area contributed by atoms with Gasteiger partial charge < -0.3 is 5.73 Å². The molecule has 1 heterocycles. The summed E-state index contributed by atoms with van der Waals surface area (Å²) in [7, 11) is 1.66. The van der Waals surface area contributed by atoms with Gasteiger partial charge in [-0.3, -0.25) is 4.57 Å². The topological polar surface area (TPSA) is 76.7 Å². The third-order valence-electron chi connectivity index (χ3n) is 2.27. The highest BCUT2D eigenvalue weighted by Crippen LogP contribution is 2.26. The molecule has 0 saturated carbocycles. The fraction of sp³-hybridized carbons (Fsp3) is 0.200. The number of nitrogens with zero attached hydrogens (tertiary/aromatic N) is 2. The van der Waals surface area contributed by atoms with Crippen molar-refractivity contribution in [2.45, 2.75) is 10.9 Å². The summed E-state index contributed by atoms with van der Waals surface area (Å²) in [6.45, 7) is 0. The number of halogens is 1. The van der Waals surface area contributed by atoms with E-state index in [9.17, 15) is 4.79 Å². The minimum absolute atomic E-state index is 0.230. The molecule has 0 aliphatic heterocycles. The lowest BCUT2D eigenvalue weighted by Crippen LogP contribution is -2.12. The van der Waals surface area contributed by atoms with Crippen LogP contribution in [-0.4, -0.2) is 14.8 Å². The van der Waals surface area contributed by atoms with Gasteiger partial charge in [0, 0.05) is 23.5 Å². The molecular weight excluding hydrogens is 260 g/mol. The van der Waals surface area contributed by atoms with Gasteiger partial charge in [-0.2, -0.15) is 0 Å². The molecule has 0 radical (unpaired) electrons. The number of nitrogen functional groups attached to an aromatic ring is 1. The Hall–Kier alpha value is -1.40. The lowest BCUT2D eigenvalue weighted by molar-refractivity contribution is 0.766. The molecule has 1 aromatic carbocycles. The highest BCUT2D eigenvalue weighted by molar-refractivity contribution is 7.98. The molecule has 0 aliphatic rings. The van der Waals surface area contributed by atoms with Crippen LogP contribution in [0.15, 0.2) is 28.2 Å². The number of aromatic nitrogens is 3. The highest BCUT2D eigenvalue weighted by atomic mass is 35.5. The van der Waals surface area contributed by atoms with Crippen molar-refractivity contribution < 1.29 is 0 Å². The summed E-state index contributed by atoms with van der Waals surface area (Å²) >= 11 is 7.47. The van der Waals surface area contributed by atoms with Gasteiger partial charge in [0.05, 0.1) is 0 Å². The maximum Gasteiger partial charge on any atom is 0.343 e. The van der Waals surface area contributed by atoms with Crippen molar-refractivity contribution in [2.24, 2.45) is 7.05 Å². The van der Waals surface area contributed by atoms with Crippen LogP contribution in [0.5, 0.6) is 0 Å². The van der Waals surface area contributed by atoms with Crippen LogP contribution >= 0.6 is 23.4 Å². The molecule has 0 fully saturated rings. The Morgan fingerprint density at radius 3 is 3.00 bits per heavy atom. The predicted molar refractivity (Wildman–Crippen MR) is 69.3 cm³/mol. The fourth-order valence-electron chi connectivity index (χ4n) is 1.31. The van der Waals surface area contributed by atoms with Gasteiger partial charge in [0.25, 0.3) is 0 Å². The van der Waals surface area contributed by atoms with Crippen LogP contribution in [0.1, 0.15) is 5.56 Å². The first kappa shape index (κ1) is 12.1. The second kappa shape index (κ2) is 4.85. The van der Waals surface area contributed by atoms with E-state index in [2.05, 4.69) is 10.2 Å². The van der Waals surface area contributed by atoms with Crippen molar-refractivity contribution in [3.8, 4) is 0 Å². The second-order valence-corrected chi connectivity index (χ2v) is 4.86. The van der Waals surface area contributed by atoms with Gasteiger partial charge in [-0.05, 0) is 23.8 Å². The standard InChI is InChI=1S/C10H11ClN4OS/c1-15-9(16)13-14-10(15)17-5-6-4-7(12)2-3-8(6)11/h2-4H,5,12H2,1H3,(H,13,16). The van der Waals surface area contributed by atoms with Gasteiger partial charge in [0.2, 0.25) is 0 Å². The molecule has 0 saturated heterocycles. The van der Waals surface area contributed by atoms with Crippen LogP contribution in [0, 0.1) is 0 Å². The summed E-state index contributed by atoms with van der Waals surface area (Å²) in [5, 5.41) is 7.55. The summed E-state index contributed by atoms with van der Waals surface area (Å²) in [6, 6.07) is 5.33. The molecule has 5 nitrogen and oxygen atoms in total. The van der Waals surface area contributed by atoms with E-state index in [0.717, 1.165) is 5.56 Å². The van der Waals surface area contributed by atoms with Crippen LogP contribution < -0.4 is 11.4 Å². The zero-order valence-corrected chi connectivity index (χ0v) is 10.7. The van der Waals surface area contributed by atoms with Gasteiger partial charge in [-0.15, -0.1) is 5.10 Å². The minimum Gasteiger partial charge on any atom is -0.399 e. The van der Waals surface area contributed by atoms with E-state index in [-0.39, 0.29) is 5.69 Å². The van der Waals surface area contributed by atoms with Crippen LogP contribution in [0.25, 0.3) is 0 Å². The zero-order valence-electron chi connectivity index (χ0n) is 9.11. The molecule has 90 valence electrons. The van der Waals surface area contributed by atoms with E-state index in [0.29, 0.717) is 21.6 Å². The molecule has 17 heavy (non-hydrogen) atoms. The lowest BCUT2D eigenvalue weighted by atomic mass is 10.2. The summed E-state index contributed by atoms with van der Waals surface area (Å²) in [4.78, 5) is 11.2. The number of H-pyrrole nitrogens is 1. The van der Waals surface area contributed by atoms with Crippen molar-refractivity contribution in [2.75, 3.05) is 5.73 Å². The molecule has 2 rings (SSSR count). The van der Waals surface area contributed by atoms with Crippen LogP contribution in [0.3, 0.4) is 0 Å². The van der Waals surface area contributed by atoms with Crippen molar-refractivity contribution in [3.05, 3.63) is 39.3 Å². The van der Waals surface area contributed by atoms with Crippen molar-refractivity contribution >= 4 is 29.1 Å². The normalized spacial score (nSPS) is 10.7. The Labute approximate surface area is 107 Å². The van der Waals surface area contributed by atoms with E-state index < -0.39 is 0 Å². The monoisotopic (exact) mass is 270 g/mol. The smallest absolute Gasteiger partial charge is 0.343 e. The van der Waals surface area contributed by atoms with Crippen molar-refractivity contribution in [1.29, 1.82) is 0 Å². The number of nitrogens with two attached hydrogens (primary N) is 1. The average molecular weight is 271 g/mol. The summed E-state index contributed by atoms with van der Waals surface area (Å²) < 4.78 is 1.45. The largest absolute Gasteiger partial charge is 0.399 e. The molecule has 1 aromatic heterocycles. The molecule has 0 aliphatic carbocycles. The average Bonchev–Trinajstić information content (AvgIpc) is 2.62. The number of rotatable bonds is 3. The molecular formula is C10H11ClN4OS. The molecule has 7 heteroatoms.